The minimum Gasteiger partial charge on any atom is -0.394 e. The molecule has 0 aromatic rings. The van der Waals surface area contributed by atoms with Crippen molar-refractivity contribution in [1.82, 2.24) is 4.90 Å². The molecule has 1 fully saturated rings. The maximum Gasteiger partial charge on any atom is 0.0854 e. The first-order valence-electron chi connectivity index (χ1n) is 8.41. The molecular weight excluding hydrogens is 252 g/mol. The Bertz CT molecular complexity index is 239. The van der Waals surface area contributed by atoms with Crippen LogP contribution < -0.4 is 5.73 Å². The van der Waals surface area contributed by atoms with Crippen LogP contribution in [0.2, 0.25) is 0 Å². The highest BCUT2D eigenvalue weighted by atomic mass is 16.5. The third-order valence-corrected chi connectivity index (χ3v) is 4.41. The second-order valence-electron chi connectivity index (χ2n) is 6.13. The summed E-state index contributed by atoms with van der Waals surface area (Å²) in [6.45, 7) is 7.05. The number of hydrogen-bond donors (Lipinski definition) is 2. The lowest BCUT2D eigenvalue weighted by molar-refractivity contribution is -0.0346. The van der Waals surface area contributed by atoms with E-state index in [2.05, 4.69) is 18.7 Å². The zero-order valence-electron chi connectivity index (χ0n) is 13.4. The minimum absolute atomic E-state index is 0.0796. The molecular formula is C16H34N2O2. The Morgan fingerprint density at radius 1 is 1.30 bits per heavy atom. The van der Waals surface area contributed by atoms with Crippen LogP contribution in [0.5, 0.6) is 0 Å². The van der Waals surface area contributed by atoms with Crippen molar-refractivity contribution in [2.75, 3.05) is 26.3 Å². The number of rotatable bonds is 10. The molecule has 0 aromatic heterocycles. The van der Waals surface area contributed by atoms with E-state index in [1.165, 1.54) is 38.5 Å². The SMILES string of the molecule is CCCCCCCC(C)N1CC[C@@H](N)[C@@H](OCCO)C1. The predicted molar refractivity (Wildman–Crippen MR) is 83.8 cm³/mol. The van der Waals surface area contributed by atoms with Gasteiger partial charge in [0.25, 0.3) is 0 Å². The van der Waals surface area contributed by atoms with Crippen molar-refractivity contribution in [3.63, 3.8) is 0 Å². The van der Waals surface area contributed by atoms with E-state index in [0.717, 1.165) is 19.5 Å². The van der Waals surface area contributed by atoms with Crippen molar-refractivity contribution in [2.24, 2.45) is 5.73 Å². The summed E-state index contributed by atoms with van der Waals surface area (Å²) in [5, 5.41) is 8.87. The molecule has 0 radical (unpaired) electrons. The van der Waals surface area contributed by atoms with Crippen molar-refractivity contribution in [2.45, 2.75) is 77.0 Å². The highest BCUT2D eigenvalue weighted by Gasteiger charge is 2.29. The molecule has 1 heterocycles. The fourth-order valence-electron chi connectivity index (χ4n) is 2.97. The molecule has 3 atom stereocenters. The number of aliphatic hydroxyl groups is 1. The second-order valence-corrected chi connectivity index (χ2v) is 6.13. The second kappa shape index (κ2) is 10.6. The van der Waals surface area contributed by atoms with Gasteiger partial charge in [0.2, 0.25) is 0 Å². The summed E-state index contributed by atoms with van der Waals surface area (Å²) in [5.74, 6) is 0. The summed E-state index contributed by atoms with van der Waals surface area (Å²) < 4.78 is 5.67. The maximum atomic E-state index is 8.87. The average Bonchev–Trinajstić information content (AvgIpc) is 2.46. The van der Waals surface area contributed by atoms with E-state index in [-0.39, 0.29) is 18.8 Å². The number of ether oxygens (including phenoxy) is 1. The van der Waals surface area contributed by atoms with E-state index in [1.807, 2.05) is 0 Å². The standard InChI is InChI=1S/C16H34N2O2/c1-3-4-5-6-7-8-14(2)18-10-9-15(17)16(13-18)20-12-11-19/h14-16,19H,3-13,17H2,1-2H3/t14?,15-,16+/m1/s1. The number of aliphatic hydroxyl groups excluding tert-OH is 1. The molecule has 1 unspecified atom stereocenters. The van der Waals surface area contributed by atoms with E-state index in [0.29, 0.717) is 12.6 Å². The number of nitrogens with zero attached hydrogens (tertiary/aromatic N) is 1. The summed E-state index contributed by atoms with van der Waals surface area (Å²) in [5.41, 5.74) is 6.10. The van der Waals surface area contributed by atoms with Gasteiger partial charge in [0, 0.05) is 25.2 Å². The third-order valence-electron chi connectivity index (χ3n) is 4.41. The van der Waals surface area contributed by atoms with Gasteiger partial charge in [0.15, 0.2) is 0 Å². The van der Waals surface area contributed by atoms with Crippen LogP contribution in [0.1, 0.15) is 58.8 Å². The van der Waals surface area contributed by atoms with Gasteiger partial charge in [-0.25, -0.2) is 0 Å². The molecule has 120 valence electrons. The molecule has 1 saturated heterocycles. The summed E-state index contributed by atoms with van der Waals surface area (Å²) >= 11 is 0. The molecule has 20 heavy (non-hydrogen) atoms. The summed E-state index contributed by atoms with van der Waals surface area (Å²) in [7, 11) is 0. The lowest BCUT2D eigenvalue weighted by Crippen LogP contribution is -2.54. The molecule has 4 heteroatoms. The van der Waals surface area contributed by atoms with Crippen molar-refractivity contribution in [3.05, 3.63) is 0 Å². The van der Waals surface area contributed by atoms with E-state index in [4.69, 9.17) is 15.6 Å². The molecule has 1 aliphatic rings. The highest BCUT2D eigenvalue weighted by molar-refractivity contribution is 4.86. The average molecular weight is 286 g/mol. The Morgan fingerprint density at radius 3 is 2.75 bits per heavy atom. The first-order valence-corrected chi connectivity index (χ1v) is 8.41. The number of hydrogen-bond acceptors (Lipinski definition) is 4. The first-order chi connectivity index (χ1) is 9.69. The summed E-state index contributed by atoms with van der Waals surface area (Å²) in [6, 6.07) is 0.735. The summed E-state index contributed by atoms with van der Waals surface area (Å²) in [4.78, 5) is 2.51. The Morgan fingerprint density at radius 2 is 2.05 bits per heavy atom. The first kappa shape index (κ1) is 17.9. The molecule has 1 aliphatic heterocycles. The van der Waals surface area contributed by atoms with Crippen molar-refractivity contribution >= 4 is 0 Å². The highest BCUT2D eigenvalue weighted by Crippen LogP contribution is 2.18. The van der Waals surface area contributed by atoms with Crippen LogP contribution >= 0.6 is 0 Å². The van der Waals surface area contributed by atoms with Crippen LogP contribution in [0.4, 0.5) is 0 Å². The molecule has 0 amide bonds. The van der Waals surface area contributed by atoms with Gasteiger partial charge in [0.05, 0.1) is 19.3 Å². The van der Waals surface area contributed by atoms with Gasteiger partial charge in [-0.3, -0.25) is 4.90 Å². The van der Waals surface area contributed by atoms with Crippen LogP contribution in [0, 0.1) is 0 Å². The Balaban J connectivity index is 2.23. The smallest absolute Gasteiger partial charge is 0.0854 e. The number of likely N-dealkylation sites (tertiary alicyclic amines) is 1. The van der Waals surface area contributed by atoms with E-state index < -0.39 is 0 Å². The predicted octanol–water partition coefficient (Wildman–Crippen LogP) is 2.15. The van der Waals surface area contributed by atoms with Crippen molar-refractivity contribution < 1.29 is 9.84 Å². The Hall–Kier alpha value is -0.160. The monoisotopic (exact) mass is 286 g/mol. The van der Waals surface area contributed by atoms with Gasteiger partial charge >= 0.3 is 0 Å². The summed E-state index contributed by atoms with van der Waals surface area (Å²) in [6.07, 6.45) is 9.08. The van der Waals surface area contributed by atoms with Gasteiger partial charge in [0.1, 0.15) is 0 Å². The van der Waals surface area contributed by atoms with Crippen molar-refractivity contribution in [3.8, 4) is 0 Å². The molecule has 4 nitrogen and oxygen atoms in total. The number of unbranched alkanes of at least 4 members (excludes halogenated alkanes) is 4. The van der Waals surface area contributed by atoms with Gasteiger partial charge in [-0.2, -0.15) is 0 Å². The molecule has 0 aliphatic carbocycles. The third kappa shape index (κ3) is 6.53. The lowest BCUT2D eigenvalue weighted by atomic mass is 9.99. The largest absolute Gasteiger partial charge is 0.394 e. The minimum atomic E-state index is 0.0796. The van der Waals surface area contributed by atoms with Crippen LogP contribution in [0.25, 0.3) is 0 Å². The quantitative estimate of drug-likeness (QED) is 0.604. The molecule has 3 N–H and O–H groups in total. The molecule has 0 aromatic carbocycles. The van der Waals surface area contributed by atoms with Gasteiger partial charge in [-0.05, 0) is 19.8 Å². The Kier molecular flexibility index (Phi) is 9.44. The van der Waals surface area contributed by atoms with Gasteiger partial charge < -0.3 is 15.6 Å². The molecule has 0 bridgehead atoms. The van der Waals surface area contributed by atoms with Crippen LogP contribution in [0.3, 0.4) is 0 Å². The normalized spacial score (nSPS) is 25.8. The topological polar surface area (TPSA) is 58.7 Å². The maximum absolute atomic E-state index is 8.87. The molecule has 1 rings (SSSR count). The number of piperidine rings is 1. The number of nitrogens with two attached hydrogens (primary N) is 1. The lowest BCUT2D eigenvalue weighted by Gasteiger charge is -2.39. The fraction of sp³-hybridized carbons (Fsp3) is 1.00. The zero-order valence-corrected chi connectivity index (χ0v) is 13.4. The van der Waals surface area contributed by atoms with E-state index in [9.17, 15) is 0 Å². The molecule has 0 spiro atoms. The van der Waals surface area contributed by atoms with Crippen LogP contribution in [0.15, 0.2) is 0 Å². The van der Waals surface area contributed by atoms with E-state index >= 15 is 0 Å². The van der Waals surface area contributed by atoms with Crippen molar-refractivity contribution in [1.29, 1.82) is 0 Å². The van der Waals surface area contributed by atoms with Gasteiger partial charge in [-0.1, -0.05) is 39.0 Å². The van der Waals surface area contributed by atoms with E-state index in [1.54, 1.807) is 0 Å². The van der Waals surface area contributed by atoms with Crippen LogP contribution in [-0.4, -0.2) is 54.5 Å². The Labute approximate surface area is 124 Å². The zero-order chi connectivity index (χ0) is 14.8. The van der Waals surface area contributed by atoms with Crippen LogP contribution in [-0.2, 0) is 4.74 Å². The fourth-order valence-corrected chi connectivity index (χ4v) is 2.97. The molecule has 0 saturated carbocycles. The van der Waals surface area contributed by atoms with Gasteiger partial charge in [-0.15, -0.1) is 0 Å².